The van der Waals surface area contributed by atoms with E-state index in [2.05, 4.69) is 20.5 Å². The Labute approximate surface area is 158 Å². The topological polar surface area (TPSA) is 107 Å². The molecule has 1 aromatic heterocycles. The number of anilines is 3. The molecule has 1 saturated heterocycles. The van der Waals surface area contributed by atoms with Crippen LogP contribution in [0, 0.1) is 0 Å². The average molecular weight is 393 g/mol. The summed E-state index contributed by atoms with van der Waals surface area (Å²) < 4.78 is 34.1. The van der Waals surface area contributed by atoms with Crippen molar-refractivity contribution >= 4 is 27.3 Å². The van der Waals surface area contributed by atoms with Crippen molar-refractivity contribution in [1.29, 1.82) is 0 Å². The van der Waals surface area contributed by atoms with E-state index >= 15 is 0 Å². The standard InChI is InChI=1S/C17H23N5O4S/c1-4-22(13-7-8-27(23,24)11-13)16-10-18-21-17(20-16)19-12-5-6-14(25-2)15(9-12)26-3/h5-6,9-10,13H,4,7-8,11H2,1-3H3,(H,19,20,21). The molecule has 0 radical (unpaired) electrons. The molecule has 2 heterocycles. The van der Waals surface area contributed by atoms with Crippen LogP contribution in [0.15, 0.2) is 24.4 Å². The lowest BCUT2D eigenvalue weighted by Gasteiger charge is -2.27. The van der Waals surface area contributed by atoms with E-state index in [-0.39, 0.29) is 17.5 Å². The first-order chi connectivity index (χ1) is 13.0. The van der Waals surface area contributed by atoms with E-state index in [0.29, 0.717) is 36.2 Å². The molecule has 1 fully saturated rings. The summed E-state index contributed by atoms with van der Waals surface area (Å²) in [6.45, 7) is 2.60. The van der Waals surface area contributed by atoms with E-state index in [4.69, 9.17) is 9.47 Å². The number of nitrogens with one attached hydrogen (secondary N) is 1. The van der Waals surface area contributed by atoms with Gasteiger partial charge < -0.3 is 19.7 Å². The van der Waals surface area contributed by atoms with Crippen LogP contribution in [-0.2, 0) is 9.84 Å². The average Bonchev–Trinajstić information content (AvgIpc) is 3.02. The Morgan fingerprint density at radius 3 is 2.67 bits per heavy atom. The first-order valence-corrected chi connectivity index (χ1v) is 10.4. The zero-order valence-electron chi connectivity index (χ0n) is 15.5. The SMILES string of the molecule is CCN(c1cnnc(Nc2ccc(OC)c(OC)c2)n1)C1CCS(=O)(=O)C1. The molecule has 1 N–H and O–H groups in total. The van der Waals surface area contributed by atoms with Gasteiger partial charge >= 0.3 is 0 Å². The maximum Gasteiger partial charge on any atom is 0.249 e. The van der Waals surface area contributed by atoms with E-state index in [0.717, 1.165) is 5.69 Å². The van der Waals surface area contributed by atoms with Crippen molar-refractivity contribution in [3.05, 3.63) is 24.4 Å². The molecule has 0 spiro atoms. The predicted molar refractivity (Wildman–Crippen MR) is 103 cm³/mol. The highest BCUT2D eigenvalue weighted by Crippen LogP contribution is 2.31. The molecule has 2 aromatic rings. The maximum atomic E-state index is 11.8. The van der Waals surface area contributed by atoms with Gasteiger partial charge in [-0.15, -0.1) is 5.10 Å². The number of ether oxygens (including phenoxy) is 2. The molecule has 1 unspecified atom stereocenters. The fourth-order valence-electron chi connectivity index (χ4n) is 3.16. The Morgan fingerprint density at radius 1 is 1.26 bits per heavy atom. The highest BCUT2D eigenvalue weighted by Gasteiger charge is 2.32. The van der Waals surface area contributed by atoms with Gasteiger partial charge in [0.1, 0.15) is 0 Å². The van der Waals surface area contributed by atoms with Crippen LogP contribution in [0.1, 0.15) is 13.3 Å². The first kappa shape index (κ1) is 19.2. The van der Waals surface area contributed by atoms with Crippen LogP contribution in [0.3, 0.4) is 0 Å². The van der Waals surface area contributed by atoms with Gasteiger partial charge in [0.2, 0.25) is 5.95 Å². The van der Waals surface area contributed by atoms with Crippen LogP contribution in [0.5, 0.6) is 11.5 Å². The van der Waals surface area contributed by atoms with E-state index in [1.54, 1.807) is 32.5 Å². The summed E-state index contributed by atoms with van der Waals surface area (Å²) in [6.07, 6.45) is 2.15. The van der Waals surface area contributed by atoms with Crippen molar-refractivity contribution in [3.8, 4) is 11.5 Å². The van der Waals surface area contributed by atoms with E-state index in [9.17, 15) is 8.42 Å². The number of sulfone groups is 1. The summed E-state index contributed by atoms with van der Waals surface area (Å²) in [7, 11) is 0.160. The fraction of sp³-hybridized carbons (Fsp3) is 0.471. The van der Waals surface area contributed by atoms with E-state index < -0.39 is 9.84 Å². The molecule has 27 heavy (non-hydrogen) atoms. The molecule has 0 aliphatic carbocycles. The number of nitrogens with zero attached hydrogens (tertiary/aromatic N) is 4. The van der Waals surface area contributed by atoms with Gasteiger partial charge in [0.05, 0.1) is 31.9 Å². The molecule has 1 aliphatic rings. The van der Waals surface area contributed by atoms with Gasteiger partial charge in [-0.1, -0.05) is 0 Å². The minimum absolute atomic E-state index is 0.0920. The van der Waals surface area contributed by atoms with Gasteiger partial charge in [0.25, 0.3) is 0 Å². The van der Waals surface area contributed by atoms with Gasteiger partial charge in [0.15, 0.2) is 27.2 Å². The van der Waals surface area contributed by atoms with E-state index in [1.165, 1.54) is 0 Å². The minimum Gasteiger partial charge on any atom is -0.493 e. The van der Waals surface area contributed by atoms with E-state index in [1.807, 2.05) is 17.9 Å². The Balaban J connectivity index is 1.81. The van der Waals surface area contributed by atoms with Crippen LogP contribution < -0.4 is 19.7 Å². The number of aromatic nitrogens is 3. The maximum absolute atomic E-state index is 11.8. The highest BCUT2D eigenvalue weighted by atomic mass is 32.2. The molecule has 1 aliphatic heterocycles. The first-order valence-electron chi connectivity index (χ1n) is 8.61. The van der Waals surface area contributed by atoms with Crippen LogP contribution in [0.4, 0.5) is 17.5 Å². The summed E-state index contributed by atoms with van der Waals surface area (Å²) in [5.41, 5.74) is 0.720. The van der Waals surface area contributed by atoms with Crippen LogP contribution >= 0.6 is 0 Å². The second kappa shape index (κ2) is 7.95. The Kier molecular flexibility index (Phi) is 5.64. The monoisotopic (exact) mass is 393 g/mol. The molecule has 146 valence electrons. The molecule has 0 bridgehead atoms. The van der Waals surface area contributed by atoms with Crippen LogP contribution in [0.2, 0.25) is 0 Å². The molecule has 0 amide bonds. The van der Waals surface area contributed by atoms with Crippen molar-refractivity contribution in [2.24, 2.45) is 0 Å². The number of benzene rings is 1. The molecule has 10 heteroatoms. The molecule has 1 atom stereocenters. The molecule has 3 rings (SSSR count). The Bertz CT molecular complexity index is 906. The van der Waals surface area contributed by atoms with Gasteiger partial charge in [-0.25, -0.2) is 8.42 Å². The van der Waals surface area contributed by atoms with Crippen molar-refractivity contribution in [2.45, 2.75) is 19.4 Å². The Hall–Kier alpha value is -2.62. The normalized spacial score (nSPS) is 18.1. The lowest BCUT2D eigenvalue weighted by atomic mass is 10.2. The molecular weight excluding hydrogens is 370 g/mol. The summed E-state index contributed by atoms with van der Waals surface area (Å²) in [6, 6.07) is 5.28. The van der Waals surface area contributed by atoms with Crippen molar-refractivity contribution in [3.63, 3.8) is 0 Å². The van der Waals surface area contributed by atoms with Gasteiger partial charge in [0, 0.05) is 24.3 Å². The number of hydrogen-bond donors (Lipinski definition) is 1. The van der Waals surface area contributed by atoms with Crippen molar-refractivity contribution in [2.75, 3.05) is 42.5 Å². The van der Waals surface area contributed by atoms with Gasteiger partial charge in [-0.2, -0.15) is 10.1 Å². The number of methoxy groups -OCH3 is 2. The minimum atomic E-state index is -2.98. The Morgan fingerprint density at radius 2 is 2.04 bits per heavy atom. The molecule has 0 saturated carbocycles. The lowest BCUT2D eigenvalue weighted by molar-refractivity contribution is 0.355. The summed E-state index contributed by atoms with van der Waals surface area (Å²) >= 11 is 0. The summed E-state index contributed by atoms with van der Waals surface area (Å²) in [5, 5.41) is 11.1. The lowest BCUT2D eigenvalue weighted by Crippen LogP contribution is -2.37. The molecular formula is C17H23N5O4S. The third-order valence-electron chi connectivity index (χ3n) is 4.47. The second-order valence-electron chi connectivity index (χ2n) is 6.18. The van der Waals surface area contributed by atoms with Crippen molar-refractivity contribution in [1.82, 2.24) is 15.2 Å². The second-order valence-corrected chi connectivity index (χ2v) is 8.40. The summed E-state index contributed by atoms with van der Waals surface area (Å²) in [5.74, 6) is 2.47. The quantitative estimate of drug-likeness (QED) is 0.751. The zero-order chi connectivity index (χ0) is 19.4. The van der Waals surface area contributed by atoms with Crippen molar-refractivity contribution < 1.29 is 17.9 Å². The number of rotatable bonds is 7. The molecule has 9 nitrogen and oxygen atoms in total. The predicted octanol–water partition coefficient (Wildman–Crippen LogP) is 1.65. The summed E-state index contributed by atoms with van der Waals surface area (Å²) in [4.78, 5) is 6.46. The number of hydrogen-bond acceptors (Lipinski definition) is 9. The van der Waals surface area contributed by atoms with Crippen LogP contribution in [-0.4, -0.2) is 61.9 Å². The van der Waals surface area contributed by atoms with Crippen LogP contribution in [0.25, 0.3) is 0 Å². The third-order valence-corrected chi connectivity index (χ3v) is 6.22. The smallest absolute Gasteiger partial charge is 0.249 e. The third kappa shape index (κ3) is 4.38. The zero-order valence-corrected chi connectivity index (χ0v) is 16.4. The highest BCUT2D eigenvalue weighted by molar-refractivity contribution is 7.91. The van der Waals surface area contributed by atoms with Gasteiger partial charge in [-0.05, 0) is 25.5 Å². The molecule has 1 aromatic carbocycles. The fourth-order valence-corrected chi connectivity index (χ4v) is 4.89. The van der Waals surface area contributed by atoms with Gasteiger partial charge in [-0.3, -0.25) is 0 Å². The largest absolute Gasteiger partial charge is 0.493 e.